The first-order chi connectivity index (χ1) is 10.1. The third-order valence-corrected chi connectivity index (χ3v) is 3.47. The van der Waals surface area contributed by atoms with Gasteiger partial charge in [-0.25, -0.2) is 0 Å². The van der Waals surface area contributed by atoms with Crippen LogP contribution in [-0.4, -0.2) is 42.4 Å². The molecular formula is C13H12N4O4. The molecule has 1 aromatic heterocycles. The number of carboxylic acid groups (broad SMARTS) is 2. The Bertz CT molecular complexity index is 694. The highest BCUT2D eigenvalue weighted by atomic mass is 16.4. The van der Waals surface area contributed by atoms with Crippen LogP contribution in [0.5, 0.6) is 0 Å². The number of hydrogen-bond acceptors (Lipinski definition) is 5. The lowest BCUT2D eigenvalue weighted by atomic mass is 10.1. The normalized spacial score (nSPS) is 20.2. The van der Waals surface area contributed by atoms with Crippen LogP contribution in [0.15, 0.2) is 24.3 Å². The molecule has 1 heterocycles. The minimum absolute atomic E-state index is 0.0491. The zero-order valence-electron chi connectivity index (χ0n) is 10.9. The molecule has 0 radical (unpaired) electrons. The molecule has 0 spiro atoms. The predicted octanol–water partition coefficient (Wildman–Crippen LogP) is 0.477. The van der Waals surface area contributed by atoms with E-state index in [1.807, 2.05) is 0 Å². The van der Waals surface area contributed by atoms with Gasteiger partial charge in [-0.15, -0.1) is 5.10 Å². The summed E-state index contributed by atoms with van der Waals surface area (Å²) in [6.07, 6.45) is 0.485. The van der Waals surface area contributed by atoms with Crippen LogP contribution >= 0.6 is 0 Å². The highest BCUT2D eigenvalue weighted by molar-refractivity contribution is 5.75. The first-order valence-electron chi connectivity index (χ1n) is 6.38. The molecule has 0 amide bonds. The van der Waals surface area contributed by atoms with E-state index >= 15 is 0 Å². The Morgan fingerprint density at radius 1 is 1.24 bits per heavy atom. The van der Waals surface area contributed by atoms with Gasteiger partial charge >= 0.3 is 11.9 Å². The molecule has 1 fully saturated rings. The number of carboxylic acids is 2. The Hall–Kier alpha value is -2.77. The summed E-state index contributed by atoms with van der Waals surface area (Å²) in [5.74, 6) is -1.81. The van der Waals surface area contributed by atoms with E-state index in [0.717, 1.165) is 0 Å². The fourth-order valence-corrected chi connectivity index (χ4v) is 2.29. The molecule has 3 rings (SSSR count). The average molecular weight is 288 g/mol. The molecule has 0 bridgehead atoms. The minimum atomic E-state index is -0.895. The Kier molecular flexibility index (Phi) is 3.13. The number of hydrogen-bond donors (Lipinski definition) is 2. The van der Waals surface area contributed by atoms with Gasteiger partial charge in [0, 0.05) is 5.92 Å². The van der Waals surface area contributed by atoms with Gasteiger partial charge < -0.3 is 10.2 Å². The largest absolute Gasteiger partial charge is 0.481 e. The molecule has 1 aliphatic carbocycles. The van der Waals surface area contributed by atoms with Crippen LogP contribution in [0.2, 0.25) is 0 Å². The highest BCUT2D eigenvalue weighted by Gasteiger charge is 2.47. The summed E-state index contributed by atoms with van der Waals surface area (Å²) in [6.45, 7) is 0. The molecule has 8 nitrogen and oxygen atoms in total. The van der Waals surface area contributed by atoms with Crippen molar-refractivity contribution in [3.63, 3.8) is 0 Å². The second kappa shape index (κ2) is 4.97. The summed E-state index contributed by atoms with van der Waals surface area (Å²) in [5, 5.41) is 29.1. The summed E-state index contributed by atoms with van der Waals surface area (Å²) in [5.41, 5.74) is 1.36. The van der Waals surface area contributed by atoms with Crippen molar-refractivity contribution in [1.29, 1.82) is 0 Å². The van der Waals surface area contributed by atoms with Crippen molar-refractivity contribution in [1.82, 2.24) is 20.2 Å². The van der Waals surface area contributed by atoms with Crippen LogP contribution in [0.4, 0.5) is 0 Å². The first-order valence-corrected chi connectivity index (χ1v) is 6.38. The maximum Gasteiger partial charge on any atom is 0.307 e. The maximum absolute atomic E-state index is 10.9. The molecule has 8 heteroatoms. The molecule has 108 valence electrons. The molecule has 1 aliphatic rings. The fraction of sp³-hybridized carbons (Fsp3) is 0.308. The molecule has 1 aromatic carbocycles. The number of nitrogens with zero attached hydrogens (tertiary/aromatic N) is 4. The van der Waals surface area contributed by atoms with Crippen molar-refractivity contribution in [2.24, 2.45) is 5.92 Å². The van der Waals surface area contributed by atoms with E-state index in [1.165, 1.54) is 4.68 Å². The predicted molar refractivity (Wildman–Crippen MR) is 69.0 cm³/mol. The maximum atomic E-state index is 10.9. The fourth-order valence-electron chi connectivity index (χ4n) is 2.29. The Labute approximate surface area is 119 Å². The van der Waals surface area contributed by atoms with Crippen molar-refractivity contribution in [2.75, 3.05) is 0 Å². The van der Waals surface area contributed by atoms with Crippen LogP contribution in [0.25, 0.3) is 5.69 Å². The third-order valence-electron chi connectivity index (χ3n) is 3.47. The van der Waals surface area contributed by atoms with Crippen LogP contribution < -0.4 is 0 Å². The first kappa shape index (κ1) is 13.2. The SMILES string of the molecule is O=C(O)Cc1ccc(-n2nnnc2C2CC2C(=O)O)cc1. The monoisotopic (exact) mass is 288 g/mol. The summed E-state index contributed by atoms with van der Waals surface area (Å²) in [7, 11) is 0. The molecule has 1 saturated carbocycles. The van der Waals surface area contributed by atoms with Crippen molar-refractivity contribution in [3.8, 4) is 5.69 Å². The van der Waals surface area contributed by atoms with Gasteiger partial charge in [0.05, 0.1) is 18.0 Å². The summed E-state index contributed by atoms with van der Waals surface area (Å²) in [6, 6.07) is 6.82. The molecule has 0 saturated heterocycles. The van der Waals surface area contributed by atoms with Gasteiger partial charge in [-0.05, 0) is 34.5 Å². The Morgan fingerprint density at radius 3 is 2.52 bits per heavy atom. The molecule has 0 aliphatic heterocycles. The molecule has 2 unspecified atom stereocenters. The van der Waals surface area contributed by atoms with E-state index in [9.17, 15) is 9.59 Å². The van der Waals surface area contributed by atoms with Gasteiger partial charge in [-0.1, -0.05) is 12.1 Å². The molecule has 2 aromatic rings. The molecular weight excluding hydrogens is 276 g/mol. The van der Waals surface area contributed by atoms with Gasteiger partial charge in [-0.2, -0.15) is 4.68 Å². The number of carbonyl (C=O) groups is 2. The van der Waals surface area contributed by atoms with Crippen LogP contribution in [0.3, 0.4) is 0 Å². The van der Waals surface area contributed by atoms with E-state index in [2.05, 4.69) is 15.5 Å². The number of aromatic nitrogens is 4. The van der Waals surface area contributed by atoms with Gasteiger partial charge in [0.25, 0.3) is 0 Å². The lowest BCUT2D eigenvalue weighted by Crippen LogP contribution is -2.06. The molecule has 21 heavy (non-hydrogen) atoms. The van der Waals surface area contributed by atoms with Crippen molar-refractivity contribution < 1.29 is 19.8 Å². The van der Waals surface area contributed by atoms with Crippen molar-refractivity contribution in [3.05, 3.63) is 35.7 Å². The Balaban J connectivity index is 1.83. The lowest BCUT2D eigenvalue weighted by Gasteiger charge is -2.04. The highest BCUT2D eigenvalue weighted by Crippen LogP contribution is 2.46. The zero-order chi connectivity index (χ0) is 15.0. The number of benzene rings is 1. The van der Waals surface area contributed by atoms with Gasteiger partial charge in [0.15, 0.2) is 5.82 Å². The van der Waals surface area contributed by atoms with Crippen LogP contribution in [0.1, 0.15) is 23.7 Å². The quantitative estimate of drug-likeness (QED) is 0.821. The van der Waals surface area contributed by atoms with E-state index in [0.29, 0.717) is 23.5 Å². The average Bonchev–Trinajstić information content (AvgIpc) is 3.09. The standard InChI is InChI=1S/C13H12N4O4/c18-11(19)5-7-1-3-8(4-2-7)17-12(14-15-16-17)9-6-10(9)13(20)21/h1-4,9-10H,5-6H2,(H,18,19)(H,20,21). The second-order valence-corrected chi connectivity index (χ2v) is 4.97. The number of rotatable bonds is 5. The molecule has 2 atom stereocenters. The van der Waals surface area contributed by atoms with E-state index in [-0.39, 0.29) is 12.3 Å². The van der Waals surface area contributed by atoms with Gasteiger partial charge in [0.2, 0.25) is 0 Å². The topological polar surface area (TPSA) is 118 Å². The van der Waals surface area contributed by atoms with E-state index < -0.39 is 17.9 Å². The Morgan fingerprint density at radius 2 is 1.95 bits per heavy atom. The molecule has 2 N–H and O–H groups in total. The van der Waals surface area contributed by atoms with Crippen molar-refractivity contribution in [2.45, 2.75) is 18.8 Å². The van der Waals surface area contributed by atoms with E-state index in [1.54, 1.807) is 24.3 Å². The zero-order valence-corrected chi connectivity index (χ0v) is 10.9. The van der Waals surface area contributed by atoms with Crippen LogP contribution in [-0.2, 0) is 16.0 Å². The second-order valence-electron chi connectivity index (χ2n) is 4.97. The minimum Gasteiger partial charge on any atom is -0.481 e. The van der Waals surface area contributed by atoms with Crippen LogP contribution in [0, 0.1) is 5.92 Å². The van der Waals surface area contributed by atoms with Crippen molar-refractivity contribution >= 4 is 11.9 Å². The summed E-state index contributed by atoms with van der Waals surface area (Å²) in [4.78, 5) is 21.6. The van der Waals surface area contributed by atoms with Gasteiger partial charge in [-0.3, -0.25) is 9.59 Å². The smallest absolute Gasteiger partial charge is 0.307 e. The van der Waals surface area contributed by atoms with Gasteiger partial charge in [0.1, 0.15) is 0 Å². The lowest BCUT2D eigenvalue weighted by molar-refractivity contribution is -0.139. The number of aliphatic carboxylic acids is 2. The number of tetrazole rings is 1. The summed E-state index contributed by atoms with van der Waals surface area (Å²) >= 11 is 0. The third kappa shape index (κ3) is 2.60. The van der Waals surface area contributed by atoms with E-state index in [4.69, 9.17) is 10.2 Å². The summed E-state index contributed by atoms with van der Waals surface area (Å²) < 4.78 is 1.50.